The van der Waals surface area contributed by atoms with E-state index in [1.807, 2.05) is 0 Å². The minimum Gasteiger partial charge on any atom is -0.0622 e. The largest absolute Gasteiger partial charge is 0.0622 e. The van der Waals surface area contributed by atoms with Gasteiger partial charge in [-0.05, 0) is 121 Å². The molecule has 0 saturated heterocycles. The van der Waals surface area contributed by atoms with Crippen LogP contribution in [0.15, 0.2) is 182 Å². The highest BCUT2D eigenvalue weighted by Gasteiger charge is 2.26. The van der Waals surface area contributed by atoms with Crippen LogP contribution in [0.4, 0.5) is 0 Å². The molecule has 0 bridgehead atoms. The molecule has 0 aliphatic rings. The lowest BCUT2D eigenvalue weighted by molar-refractivity contribution is 1.57. The van der Waals surface area contributed by atoms with E-state index in [1.165, 1.54) is 109 Å². The first kappa shape index (κ1) is 27.5. The fourth-order valence-corrected chi connectivity index (χ4v) is 8.96. The summed E-state index contributed by atoms with van der Waals surface area (Å²) < 4.78 is 0. The summed E-state index contributed by atoms with van der Waals surface area (Å²) in [5.74, 6) is 0. The van der Waals surface area contributed by atoms with Gasteiger partial charge in [0, 0.05) is 0 Å². The second kappa shape index (κ2) is 10.5. The Kier molecular flexibility index (Phi) is 5.76. The maximum absolute atomic E-state index is 2.51. The lowest BCUT2D eigenvalue weighted by atomic mass is 9.84. The van der Waals surface area contributed by atoms with Crippen molar-refractivity contribution < 1.29 is 0 Å². The molecule has 0 aliphatic heterocycles. The number of hydrogen-bond acceptors (Lipinski definition) is 0. The van der Waals surface area contributed by atoms with Crippen LogP contribution < -0.4 is 0 Å². The molecular weight excluding hydrogens is 601 g/mol. The van der Waals surface area contributed by atoms with Crippen LogP contribution in [-0.4, -0.2) is 0 Å². The molecule has 0 aromatic heterocycles. The highest BCUT2D eigenvalue weighted by Crippen LogP contribution is 2.54. The molecule has 0 radical (unpaired) electrons. The van der Waals surface area contributed by atoms with E-state index < -0.39 is 0 Å². The standard InChI is InChI=1S/C50H30/c1-4-15-31(16-5-1)36-25-14-26-37(32-17-6-2-7-18-32)45(36)35-29-42-38-23-10-11-24-39(38)48-47(42)43(30-35)46(34-19-8-3-9-20-34)49-40-27-12-21-33-22-13-28-41(44(33)40)50(48)49/h1-30H. The van der Waals surface area contributed by atoms with Gasteiger partial charge in [0.05, 0.1) is 0 Å². The van der Waals surface area contributed by atoms with Crippen LogP contribution in [0.5, 0.6) is 0 Å². The maximum atomic E-state index is 2.51. The van der Waals surface area contributed by atoms with Crippen molar-refractivity contribution in [1.29, 1.82) is 0 Å². The monoisotopic (exact) mass is 630 g/mol. The van der Waals surface area contributed by atoms with Crippen molar-refractivity contribution in [3.8, 4) is 44.5 Å². The van der Waals surface area contributed by atoms with Crippen LogP contribution in [0.3, 0.4) is 0 Å². The van der Waals surface area contributed by atoms with Crippen molar-refractivity contribution in [3.05, 3.63) is 182 Å². The molecule has 11 rings (SSSR count). The van der Waals surface area contributed by atoms with E-state index in [1.54, 1.807) is 0 Å². The van der Waals surface area contributed by atoms with Crippen LogP contribution in [0.1, 0.15) is 0 Å². The number of fused-ring (bicyclic) bond motifs is 7. The van der Waals surface area contributed by atoms with E-state index in [9.17, 15) is 0 Å². The molecule has 0 nitrogen and oxygen atoms in total. The Morgan fingerprint density at radius 1 is 0.220 bits per heavy atom. The SMILES string of the molecule is c1ccc(-c2cccc(-c3ccccc3)c2-c2cc3c(-c4ccccc4)c4c5cccc6cccc(c65)c4c4c5ccccc5c(c2)c34)cc1. The highest BCUT2D eigenvalue weighted by atomic mass is 14.3. The van der Waals surface area contributed by atoms with Crippen molar-refractivity contribution in [3.63, 3.8) is 0 Å². The fourth-order valence-electron chi connectivity index (χ4n) is 8.96. The molecular formula is C50H30. The highest BCUT2D eigenvalue weighted by molar-refractivity contribution is 6.48. The van der Waals surface area contributed by atoms with Crippen LogP contribution in [0.2, 0.25) is 0 Å². The third kappa shape index (κ3) is 3.76. The van der Waals surface area contributed by atoms with Crippen molar-refractivity contribution in [2.75, 3.05) is 0 Å². The first-order valence-corrected chi connectivity index (χ1v) is 17.4. The zero-order valence-corrected chi connectivity index (χ0v) is 27.3. The van der Waals surface area contributed by atoms with Gasteiger partial charge in [-0.25, -0.2) is 0 Å². The van der Waals surface area contributed by atoms with E-state index in [0.29, 0.717) is 0 Å². The van der Waals surface area contributed by atoms with Gasteiger partial charge in [0.25, 0.3) is 0 Å². The molecule has 11 aromatic carbocycles. The summed E-state index contributed by atoms with van der Waals surface area (Å²) in [6.45, 7) is 0. The zero-order valence-electron chi connectivity index (χ0n) is 27.3. The molecule has 0 amide bonds. The summed E-state index contributed by atoms with van der Waals surface area (Å²) in [7, 11) is 0. The van der Waals surface area contributed by atoms with Crippen molar-refractivity contribution in [2.24, 2.45) is 0 Å². The normalized spacial score (nSPS) is 12.0. The Morgan fingerprint density at radius 2 is 0.700 bits per heavy atom. The Bertz CT molecular complexity index is 2980. The van der Waals surface area contributed by atoms with Crippen LogP contribution in [-0.2, 0) is 0 Å². The Morgan fingerprint density at radius 3 is 1.34 bits per heavy atom. The van der Waals surface area contributed by atoms with Gasteiger partial charge in [-0.2, -0.15) is 0 Å². The maximum Gasteiger partial charge on any atom is -0.000697 e. The molecule has 0 atom stereocenters. The summed E-state index contributed by atoms with van der Waals surface area (Å²) in [4.78, 5) is 0. The van der Waals surface area contributed by atoms with Crippen LogP contribution in [0.25, 0.3) is 109 Å². The second-order valence-corrected chi connectivity index (χ2v) is 13.5. The minimum absolute atomic E-state index is 1.22. The Hall–Kier alpha value is -6.50. The molecule has 230 valence electrons. The average molecular weight is 631 g/mol. The van der Waals surface area contributed by atoms with Crippen LogP contribution >= 0.6 is 0 Å². The van der Waals surface area contributed by atoms with E-state index in [4.69, 9.17) is 0 Å². The first-order chi connectivity index (χ1) is 24.8. The summed E-state index contributed by atoms with van der Waals surface area (Å²) in [6, 6.07) is 67.3. The van der Waals surface area contributed by atoms with Gasteiger partial charge >= 0.3 is 0 Å². The Balaban J connectivity index is 1.41. The van der Waals surface area contributed by atoms with Crippen LogP contribution in [0, 0.1) is 0 Å². The average Bonchev–Trinajstić information content (AvgIpc) is 3.70. The molecule has 0 N–H and O–H groups in total. The third-order valence-electron chi connectivity index (χ3n) is 10.9. The molecule has 0 aliphatic carbocycles. The van der Waals surface area contributed by atoms with Gasteiger partial charge in [-0.1, -0.05) is 170 Å². The van der Waals surface area contributed by atoms with Gasteiger partial charge in [0.15, 0.2) is 0 Å². The molecule has 0 heterocycles. The predicted molar refractivity (Wildman–Crippen MR) is 216 cm³/mol. The number of hydrogen-bond donors (Lipinski definition) is 0. The van der Waals surface area contributed by atoms with E-state index in [2.05, 4.69) is 182 Å². The summed E-state index contributed by atoms with van der Waals surface area (Å²) in [5.41, 5.74) is 9.98. The van der Waals surface area contributed by atoms with Gasteiger partial charge in [0.2, 0.25) is 0 Å². The number of rotatable bonds is 4. The van der Waals surface area contributed by atoms with Gasteiger partial charge in [-0.15, -0.1) is 0 Å². The quantitative estimate of drug-likeness (QED) is 0.181. The summed E-state index contributed by atoms with van der Waals surface area (Å²) in [6.07, 6.45) is 0. The minimum atomic E-state index is 1.22. The molecule has 50 heavy (non-hydrogen) atoms. The van der Waals surface area contributed by atoms with E-state index in [0.717, 1.165) is 0 Å². The Labute approximate surface area is 290 Å². The van der Waals surface area contributed by atoms with Gasteiger partial charge < -0.3 is 0 Å². The summed E-state index contributed by atoms with van der Waals surface area (Å²) >= 11 is 0. The predicted octanol–water partition coefficient (Wildman–Crippen LogP) is 14.1. The molecule has 0 heteroatoms. The van der Waals surface area contributed by atoms with Gasteiger partial charge in [0.1, 0.15) is 0 Å². The molecule has 0 unspecified atom stereocenters. The lowest BCUT2D eigenvalue weighted by Gasteiger charge is -2.19. The molecule has 0 saturated carbocycles. The first-order valence-electron chi connectivity index (χ1n) is 17.4. The molecule has 0 fully saturated rings. The summed E-state index contributed by atoms with van der Waals surface area (Å²) in [5, 5.41) is 16.0. The smallest absolute Gasteiger partial charge is 0.000697 e. The van der Waals surface area contributed by atoms with E-state index in [-0.39, 0.29) is 0 Å². The zero-order chi connectivity index (χ0) is 32.8. The molecule has 11 aromatic rings. The number of benzene rings is 9. The van der Waals surface area contributed by atoms with E-state index >= 15 is 0 Å². The second-order valence-electron chi connectivity index (χ2n) is 13.5. The topological polar surface area (TPSA) is 0 Å². The van der Waals surface area contributed by atoms with Crippen molar-refractivity contribution in [1.82, 2.24) is 0 Å². The third-order valence-corrected chi connectivity index (χ3v) is 10.9. The molecule has 0 spiro atoms. The lowest BCUT2D eigenvalue weighted by Crippen LogP contribution is -1.92. The van der Waals surface area contributed by atoms with Gasteiger partial charge in [-0.3, -0.25) is 0 Å². The fraction of sp³-hybridized carbons (Fsp3) is 0. The van der Waals surface area contributed by atoms with Crippen molar-refractivity contribution >= 4 is 64.6 Å². The van der Waals surface area contributed by atoms with Crippen molar-refractivity contribution in [2.45, 2.75) is 0 Å².